The lowest BCUT2D eigenvalue weighted by molar-refractivity contribution is -0.130. The Morgan fingerprint density at radius 3 is 2.22 bits per heavy atom. The molecule has 7 heteroatoms. The molecule has 27 heavy (non-hydrogen) atoms. The number of para-hydroxylation sites is 2. The minimum atomic E-state index is -1.07. The number of aliphatic carboxylic acids is 1. The summed E-state index contributed by atoms with van der Waals surface area (Å²) in [7, 11) is 0. The zero-order chi connectivity index (χ0) is 19.2. The fourth-order valence-electron chi connectivity index (χ4n) is 2.36. The lowest BCUT2D eigenvalue weighted by atomic mass is 10.0. The standard InChI is InChI=1S/C20H15FN2O4/c1-2-13(20(24)25)14-7-3-5-9-16(14)26-18-11-19(23-12-22-18)27-17-10-6-4-8-15(17)21/h2-12H,1H3,(H,24,25)/b13-2+. The largest absolute Gasteiger partial charge is 0.478 e. The molecule has 3 rings (SSSR count). The van der Waals surface area contributed by atoms with Crippen LogP contribution in [0.4, 0.5) is 4.39 Å². The van der Waals surface area contributed by atoms with Crippen LogP contribution in [0.15, 0.2) is 67.0 Å². The van der Waals surface area contributed by atoms with Crippen molar-refractivity contribution >= 4 is 11.5 Å². The molecule has 136 valence electrons. The summed E-state index contributed by atoms with van der Waals surface area (Å²) in [6.45, 7) is 1.63. The molecule has 0 aliphatic rings. The molecule has 0 radical (unpaired) electrons. The SMILES string of the molecule is C/C=C(/C(=O)O)c1ccccc1Oc1cc(Oc2ccccc2F)ncn1. The fraction of sp³-hybridized carbons (Fsp3) is 0.0500. The van der Waals surface area contributed by atoms with Crippen molar-refractivity contribution in [2.45, 2.75) is 6.92 Å². The van der Waals surface area contributed by atoms with E-state index in [1.165, 1.54) is 30.6 Å². The van der Waals surface area contributed by atoms with Gasteiger partial charge in [-0.3, -0.25) is 0 Å². The van der Waals surface area contributed by atoms with Crippen molar-refractivity contribution in [3.05, 3.63) is 78.4 Å². The van der Waals surface area contributed by atoms with E-state index in [1.807, 2.05) is 0 Å². The Kier molecular flexibility index (Phi) is 5.41. The van der Waals surface area contributed by atoms with Crippen molar-refractivity contribution in [3.63, 3.8) is 0 Å². The number of allylic oxidation sites excluding steroid dienone is 1. The summed E-state index contributed by atoms with van der Waals surface area (Å²) in [5, 5.41) is 9.35. The first-order valence-electron chi connectivity index (χ1n) is 7.99. The number of carboxylic acids is 1. The lowest BCUT2D eigenvalue weighted by Crippen LogP contribution is -2.02. The summed E-state index contributed by atoms with van der Waals surface area (Å²) in [4.78, 5) is 19.3. The third-order valence-electron chi connectivity index (χ3n) is 3.58. The number of rotatable bonds is 6. The number of carboxylic acid groups (broad SMARTS) is 1. The molecular formula is C20H15FN2O4. The number of halogens is 1. The van der Waals surface area contributed by atoms with Crippen LogP contribution >= 0.6 is 0 Å². The highest BCUT2D eigenvalue weighted by molar-refractivity contribution is 6.16. The Bertz CT molecular complexity index is 1000. The maximum atomic E-state index is 13.7. The Balaban J connectivity index is 1.88. The van der Waals surface area contributed by atoms with E-state index >= 15 is 0 Å². The number of aromatic nitrogens is 2. The third-order valence-corrected chi connectivity index (χ3v) is 3.58. The first-order chi connectivity index (χ1) is 13.1. The van der Waals surface area contributed by atoms with Crippen molar-refractivity contribution < 1.29 is 23.8 Å². The van der Waals surface area contributed by atoms with Gasteiger partial charge in [0.05, 0.1) is 11.6 Å². The zero-order valence-electron chi connectivity index (χ0n) is 14.3. The average molecular weight is 366 g/mol. The molecule has 0 spiro atoms. The Morgan fingerprint density at radius 1 is 1.00 bits per heavy atom. The van der Waals surface area contributed by atoms with Gasteiger partial charge in [-0.25, -0.2) is 19.2 Å². The van der Waals surface area contributed by atoms with E-state index in [2.05, 4.69) is 9.97 Å². The summed E-state index contributed by atoms with van der Waals surface area (Å²) in [6, 6.07) is 14.0. The molecule has 0 aliphatic carbocycles. The average Bonchev–Trinajstić information content (AvgIpc) is 2.66. The van der Waals surface area contributed by atoms with E-state index in [1.54, 1.807) is 43.3 Å². The van der Waals surface area contributed by atoms with Gasteiger partial charge in [0.1, 0.15) is 12.1 Å². The molecule has 0 saturated carbocycles. The smallest absolute Gasteiger partial charge is 0.336 e. The Hall–Kier alpha value is -3.74. The molecule has 6 nitrogen and oxygen atoms in total. The van der Waals surface area contributed by atoms with Gasteiger partial charge in [-0.15, -0.1) is 0 Å². The topological polar surface area (TPSA) is 81.5 Å². The van der Waals surface area contributed by atoms with Gasteiger partial charge in [-0.05, 0) is 25.1 Å². The summed E-state index contributed by atoms with van der Waals surface area (Å²) < 4.78 is 24.9. The molecule has 0 saturated heterocycles. The number of hydrogen-bond donors (Lipinski definition) is 1. The van der Waals surface area contributed by atoms with Crippen LogP contribution < -0.4 is 9.47 Å². The number of carbonyl (C=O) groups is 1. The van der Waals surface area contributed by atoms with Crippen LogP contribution in [0.3, 0.4) is 0 Å². The fourth-order valence-corrected chi connectivity index (χ4v) is 2.36. The Morgan fingerprint density at radius 2 is 1.59 bits per heavy atom. The van der Waals surface area contributed by atoms with Crippen LogP contribution in [0.25, 0.3) is 5.57 Å². The van der Waals surface area contributed by atoms with Crippen molar-refractivity contribution in [1.82, 2.24) is 9.97 Å². The van der Waals surface area contributed by atoms with E-state index in [9.17, 15) is 14.3 Å². The van der Waals surface area contributed by atoms with Gasteiger partial charge in [0.15, 0.2) is 11.6 Å². The number of nitrogens with zero attached hydrogens (tertiary/aromatic N) is 2. The quantitative estimate of drug-likeness (QED) is 0.638. The minimum Gasteiger partial charge on any atom is -0.478 e. The molecular weight excluding hydrogens is 351 g/mol. The second kappa shape index (κ2) is 8.09. The van der Waals surface area contributed by atoms with Crippen molar-refractivity contribution in [3.8, 4) is 23.3 Å². The number of hydrogen-bond acceptors (Lipinski definition) is 5. The highest BCUT2D eigenvalue weighted by atomic mass is 19.1. The predicted octanol–water partition coefficient (Wildman–Crippen LogP) is 4.69. The van der Waals surface area contributed by atoms with E-state index in [0.29, 0.717) is 11.3 Å². The second-order valence-corrected chi connectivity index (χ2v) is 5.33. The molecule has 0 atom stereocenters. The summed E-state index contributed by atoms with van der Waals surface area (Å²) in [5.41, 5.74) is 0.505. The van der Waals surface area contributed by atoms with Crippen LogP contribution in [0, 0.1) is 5.82 Å². The zero-order valence-corrected chi connectivity index (χ0v) is 14.3. The first kappa shape index (κ1) is 18.1. The molecule has 3 aromatic rings. The normalized spacial score (nSPS) is 11.1. The van der Waals surface area contributed by atoms with Crippen LogP contribution in [0.2, 0.25) is 0 Å². The molecule has 0 amide bonds. The predicted molar refractivity (Wildman–Crippen MR) is 96.3 cm³/mol. The van der Waals surface area contributed by atoms with E-state index in [4.69, 9.17) is 9.47 Å². The second-order valence-electron chi connectivity index (χ2n) is 5.33. The van der Waals surface area contributed by atoms with Crippen LogP contribution in [0.5, 0.6) is 23.3 Å². The Labute approximate surface area is 154 Å². The van der Waals surface area contributed by atoms with Crippen molar-refractivity contribution in [1.29, 1.82) is 0 Å². The molecule has 1 aromatic heterocycles. The summed E-state index contributed by atoms with van der Waals surface area (Å²) in [5.74, 6) is -1.05. The molecule has 1 heterocycles. The van der Waals surface area contributed by atoms with Crippen LogP contribution in [-0.4, -0.2) is 21.0 Å². The molecule has 0 unspecified atom stereocenters. The van der Waals surface area contributed by atoms with Crippen LogP contribution in [-0.2, 0) is 4.79 Å². The highest BCUT2D eigenvalue weighted by Gasteiger charge is 2.15. The molecule has 0 fully saturated rings. The highest BCUT2D eigenvalue weighted by Crippen LogP contribution is 2.31. The van der Waals surface area contributed by atoms with Gasteiger partial charge in [0.25, 0.3) is 0 Å². The monoisotopic (exact) mass is 366 g/mol. The summed E-state index contributed by atoms with van der Waals surface area (Å²) in [6.07, 6.45) is 2.69. The molecule has 0 bridgehead atoms. The van der Waals surface area contributed by atoms with Gasteiger partial charge in [-0.1, -0.05) is 36.4 Å². The van der Waals surface area contributed by atoms with E-state index in [0.717, 1.165) is 0 Å². The minimum absolute atomic E-state index is 0.0182. The van der Waals surface area contributed by atoms with Crippen molar-refractivity contribution in [2.24, 2.45) is 0 Å². The summed E-state index contributed by atoms with van der Waals surface area (Å²) >= 11 is 0. The van der Waals surface area contributed by atoms with Crippen LogP contribution in [0.1, 0.15) is 12.5 Å². The molecule has 2 aromatic carbocycles. The van der Waals surface area contributed by atoms with E-state index in [-0.39, 0.29) is 23.1 Å². The third kappa shape index (κ3) is 4.27. The van der Waals surface area contributed by atoms with Gasteiger partial charge < -0.3 is 14.6 Å². The van der Waals surface area contributed by atoms with Gasteiger partial charge in [0.2, 0.25) is 11.8 Å². The number of ether oxygens (including phenoxy) is 2. The number of benzene rings is 2. The van der Waals surface area contributed by atoms with Crippen molar-refractivity contribution in [2.75, 3.05) is 0 Å². The molecule has 0 aliphatic heterocycles. The van der Waals surface area contributed by atoms with Gasteiger partial charge >= 0.3 is 5.97 Å². The van der Waals surface area contributed by atoms with Gasteiger partial charge in [0, 0.05) is 5.56 Å². The van der Waals surface area contributed by atoms with E-state index < -0.39 is 11.8 Å². The molecule has 1 N–H and O–H groups in total. The van der Waals surface area contributed by atoms with Gasteiger partial charge in [-0.2, -0.15) is 0 Å². The maximum absolute atomic E-state index is 13.7. The maximum Gasteiger partial charge on any atom is 0.336 e. The first-order valence-corrected chi connectivity index (χ1v) is 7.99. The lowest BCUT2D eigenvalue weighted by Gasteiger charge is -2.11.